The number of rotatable bonds is 4. The van der Waals surface area contributed by atoms with Crippen molar-refractivity contribution in [3.05, 3.63) is 29.3 Å². The summed E-state index contributed by atoms with van der Waals surface area (Å²) in [6, 6.07) is 4.56. The highest BCUT2D eigenvalue weighted by Gasteiger charge is 2.36. The van der Waals surface area contributed by atoms with Crippen LogP contribution in [0.5, 0.6) is 0 Å². The lowest BCUT2D eigenvalue weighted by molar-refractivity contribution is -0.152. The third kappa shape index (κ3) is 4.23. The summed E-state index contributed by atoms with van der Waals surface area (Å²) in [7, 11) is -3.83. The van der Waals surface area contributed by atoms with Gasteiger partial charge in [-0.1, -0.05) is 18.5 Å². The molecular weight excluding hydrogens is 342 g/mol. The largest absolute Gasteiger partial charge is 0.480 e. The van der Waals surface area contributed by atoms with Gasteiger partial charge in [-0.15, -0.1) is 0 Å². The quantitative estimate of drug-likeness (QED) is 0.885. The van der Waals surface area contributed by atoms with E-state index in [1.165, 1.54) is 24.3 Å². The molecule has 1 aromatic rings. The van der Waals surface area contributed by atoms with Crippen LogP contribution < -0.4 is 0 Å². The average molecular weight is 360 g/mol. The predicted molar refractivity (Wildman–Crippen MR) is 85.0 cm³/mol. The van der Waals surface area contributed by atoms with Crippen molar-refractivity contribution in [1.82, 2.24) is 4.90 Å². The van der Waals surface area contributed by atoms with Crippen LogP contribution in [-0.2, 0) is 19.4 Å². The van der Waals surface area contributed by atoms with Gasteiger partial charge in [0.05, 0.1) is 4.90 Å². The number of piperidine rings is 1. The second-order valence-corrected chi connectivity index (χ2v) is 8.21. The van der Waals surface area contributed by atoms with Crippen molar-refractivity contribution in [2.24, 2.45) is 5.92 Å². The van der Waals surface area contributed by atoms with Crippen molar-refractivity contribution < 1.29 is 23.1 Å². The molecule has 1 aromatic carbocycles. The monoisotopic (exact) mass is 359 g/mol. The van der Waals surface area contributed by atoms with E-state index in [0.29, 0.717) is 17.9 Å². The van der Waals surface area contributed by atoms with Gasteiger partial charge >= 0.3 is 5.97 Å². The Morgan fingerprint density at radius 2 is 1.91 bits per heavy atom. The van der Waals surface area contributed by atoms with Crippen LogP contribution in [0.15, 0.2) is 29.2 Å². The number of nitrogens with zero attached hydrogens (tertiary/aromatic N) is 1. The predicted octanol–water partition coefficient (Wildman–Crippen LogP) is 1.83. The number of carboxylic acid groups (broad SMARTS) is 1. The summed E-state index contributed by atoms with van der Waals surface area (Å²) in [6.07, 6.45) is 0.999. The van der Waals surface area contributed by atoms with Gasteiger partial charge in [0, 0.05) is 11.6 Å². The zero-order valence-corrected chi connectivity index (χ0v) is 14.2. The second-order valence-electron chi connectivity index (χ2n) is 5.78. The Balaban J connectivity index is 2.16. The molecule has 1 fully saturated rings. The van der Waals surface area contributed by atoms with Crippen molar-refractivity contribution >= 4 is 33.3 Å². The van der Waals surface area contributed by atoms with Crippen LogP contribution >= 0.6 is 11.6 Å². The van der Waals surface area contributed by atoms with E-state index in [1.54, 1.807) is 0 Å². The van der Waals surface area contributed by atoms with Gasteiger partial charge < -0.3 is 10.0 Å². The fourth-order valence-corrected chi connectivity index (χ4v) is 3.98. The third-order valence-electron chi connectivity index (χ3n) is 3.96. The topological polar surface area (TPSA) is 91.8 Å². The Kier molecular flexibility index (Phi) is 5.31. The minimum atomic E-state index is -3.83. The second kappa shape index (κ2) is 6.88. The van der Waals surface area contributed by atoms with Crippen molar-refractivity contribution in [3.63, 3.8) is 0 Å². The first-order chi connectivity index (χ1) is 10.7. The van der Waals surface area contributed by atoms with E-state index < -0.39 is 33.5 Å². The minimum Gasteiger partial charge on any atom is -0.480 e. The molecule has 2 rings (SSSR count). The maximum Gasteiger partial charge on any atom is 0.326 e. The van der Waals surface area contributed by atoms with E-state index in [9.17, 15) is 23.1 Å². The van der Waals surface area contributed by atoms with Gasteiger partial charge in [0.1, 0.15) is 11.8 Å². The molecule has 126 valence electrons. The summed E-state index contributed by atoms with van der Waals surface area (Å²) < 4.78 is 24.6. The first-order valence-electron chi connectivity index (χ1n) is 7.21. The molecule has 1 aliphatic rings. The molecule has 2 unspecified atom stereocenters. The number of halogens is 1. The fraction of sp³-hybridized carbons (Fsp3) is 0.467. The lowest BCUT2D eigenvalue weighted by Crippen LogP contribution is -2.51. The Morgan fingerprint density at radius 3 is 2.48 bits per heavy atom. The van der Waals surface area contributed by atoms with E-state index in [4.69, 9.17) is 11.6 Å². The van der Waals surface area contributed by atoms with Crippen LogP contribution in [0.4, 0.5) is 0 Å². The van der Waals surface area contributed by atoms with Gasteiger partial charge in [0.2, 0.25) is 5.91 Å². The molecule has 0 saturated carbocycles. The molecule has 1 saturated heterocycles. The summed E-state index contributed by atoms with van der Waals surface area (Å²) in [5.74, 6) is -2.34. The van der Waals surface area contributed by atoms with Crippen LogP contribution in [0.3, 0.4) is 0 Å². The molecule has 0 bridgehead atoms. The zero-order valence-electron chi connectivity index (χ0n) is 12.6. The van der Waals surface area contributed by atoms with Crippen molar-refractivity contribution in [2.45, 2.75) is 30.7 Å². The Labute approximate surface area is 140 Å². The molecular formula is C15H18ClNO5S. The van der Waals surface area contributed by atoms with Crippen molar-refractivity contribution in [1.29, 1.82) is 0 Å². The summed E-state index contributed by atoms with van der Waals surface area (Å²) in [4.78, 5) is 24.8. The van der Waals surface area contributed by atoms with E-state index in [1.807, 2.05) is 6.92 Å². The molecule has 0 aromatic heterocycles. The number of benzene rings is 1. The van der Waals surface area contributed by atoms with E-state index >= 15 is 0 Å². The van der Waals surface area contributed by atoms with Gasteiger partial charge in [-0.05, 0) is 43.0 Å². The summed E-state index contributed by atoms with van der Waals surface area (Å²) >= 11 is 5.72. The molecule has 1 amide bonds. The number of hydrogen-bond donors (Lipinski definition) is 1. The van der Waals surface area contributed by atoms with Crippen LogP contribution in [-0.4, -0.2) is 48.6 Å². The number of amides is 1. The van der Waals surface area contributed by atoms with Gasteiger partial charge in [-0.25, -0.2) is 13.2 Å². The van der Waals surface area contributed by atoms with Crippen LogP contribution in [0.25, 0.3) is 0 Å². The standard InChI is InChI=1S/C15H18ClNO5S/c1-10-6-7-17(13(8-10)15(19)20)14(18)9-23(21,22)12-4-2-11(16)3-5-12/h2-5,10,13H,6-9H2,1H3,(H,19,20). The molecule has 0 aliphatic carbocycles. The maximum atomic E-state index is 12.3. The molecule has 0 radical (unpaired) electrons. The Hall–Kier alpha value is -1.60. The SMILES string of the molecule is CC1CCN(C(=O)CS(=O)(=O)c2ccc(Cl)cc2)C(C(=O)O)C1. The summed E-state index contributed by atoms with van der Waals surface area (Å²) in [6.45, 7) is 2.18. The van der Waals surface area contributed by atoms with Crippen molar-refractivity contribution in [2.75, 3.05) is 12.3 Å². The van der Waals surface area contributed by atoms with Crippen LogP contribution in [0.1, 0.15) is 19.8 Å². The van der Waals surface area contributed by atoms with Gasteiger partial charge in [-0.2, -0.15) is 0 Å². The molecule has 2 atom stereocenters. The van der Waals surface area contributed by atoms with Crippen molar-refractivity contribution in [3.8, 4) is 0 Å². The van der Waals surface area contributed by atoms with Gasteiger partial charge in [0.25, 0.3) is 0 Å². The Bertz CT molecular complexity index is 701. The highest BCUT2D eigenvalue weighted by Crippen LogP contribution is 2.24. The molecule has 0 spiro atoms. The number of aliphatic carboxylic acids is 1. The van der Waals surface area contributed by atoms with Gasteiger partial charge in [0.15, 0.2) is 9.84 Å². The molecule has 1 aliphatic heterocycles. The summed E-state index contributed by atoms with van der Waals surface area (Å²) in [5.41, 5.74) is 0. The summed E-state index contributed by atoms with van der Waals surface area (Å²) in [5, 5.41) is 9.66. The van der Waals surface area contributed by atoms with E-state index in [2.05, 4.69) is 0 Å². The normalized spacial score (nSPS) is 21.9. The first kappa shape index (κ1) is 17.7. The smallest absolute Gasteiger partial charge is 0.326 e. The molecule has 1 N–H and O–H groups in total. The third-order valence-corrected chi connectivity index (χ3v) is 5.83. The highest BCUT2D eigenvalue weighted by atomic mass is 35.5. The van der Waals surface area contributed by atoms with Crippen LogP contribution in [0, 0.1) is 5.92 Å². The minimum absolute atomic E-state index is 0.00694. The van der Waals surface area contributed by atoms with E-state index in [-0.39, 0.29) is 17.4 Å². The number of sulfone groups is 1. The first-order valence-corrected chi connectivity index (χ1v) is 9.24. The van der Waals surface area contributed by atoms with Gasteiger partial charge in [-0.3, -0.25) is 4.79 Å². The van der Waals surface area contributed by atoms with Crippen LogP contribution in [0.2, 0.25) is 5.02 Å². The number of carbonyl (C=O) groups is 2. The number of likely N-dealkylation sites (tertiary alicyclic amines) is 1. The zero-order chi connectivity index (χ0) is 17.2. The average Bonchev–Trinajstić information content (AvgIpc) is 2.46. The maximum absolute atomic E-state index is 12.3. The molecule has 23 heavy (non-hydrogen) atoms. The lowest BCUT2D eigenvalue weighted by atomic mass is 9.92. The highest BCUT2D eigenvalue weighted by molar-refractivity contribution is 7.92. The molecule has 1 heterocycles. The van der Waals surface area contributed by atoms with E-state index in [0.717, 1.165) is 4.90 Å². The lowest BCUT2D eigenvalue weighted by Gasteiger charge is -2.35. The number of carbonyl (C=O) groups excluding carboxylic acids is 1. The number of hydrogen-bond acceptors (Lipinski definition) is 4. The molecule has 8 heteroatoms. The number of carboxylic acids is 1. The molecule has 6 nitrogen and oxygen atoms in total. The Morgan fingerprint density at radius 1 is 1.30 bits per heavy atom. The fourth-order valence-electron chi connectivity index (χ4n) is 2.64.